The van der Waals surface area contributed by atoms with Gasteiger partial charge in [-0.25, -0.2) is 0 Å². The first kappa shape index (κ1) is 22.9. The normalized spacial score (nSPS) is 26.0. The minimum Gasteiger partial charge on any atom is -0.346 e. The molecule has 0 aromatic heterocycles. The summed E-state index contributed by atoms with van der Waals surface area (Å²) in [5, 5.41) is 4.83. The first-order chi connectivity index (χ1) is 15.2. The summed E-state index contributed by atoms with van der Waals surface area (Å²) in [5.74, 6) is 1.91. The minimum absolute atomic E-state index is 0.636. The van der Waals surface area contributed by atoms with Crippen LogP contribution in [0.15, 0.2) is 45.9 Å². The monoisotopic (exact) mass is 439 g/mol. The van der Waals surface area contributed by atoms with Crippen LogP contribution in [0, 0.1) is 5.92 Å². The van der Waals surface area contributed by atoms with E-state index in [0.29, 0.717) is 12.1 Å². The van der Waals surface area contributed by atoms with Gasteiger partial charge in [-0.2, -0.15) is 0 Å². The van der Waals surface area contributed by atoms with Crippen LogP contribution in [0.4, 0.5) is 0 Å². The van der Waals surface area contributed by atoms with Crippen molar-refractivity contribution in [2.24, 2.45) is 5.92 Å². The summed E-state index contributed by atoms with van der Waals surface area (Å²) in [6.45, 7) is 10.0. The molecule has 2 aliphatic carbocycles. The topological polar surface area (TPSA) is 18.5 Å². The molecule has 3 nitrogen and oxygen atoms in total. The lowest BCUT2D eigenvalue weighted by Crippen LogP contribution is -2.47. The number of thioether (sulfide) groups is 1. The molecule has 2 saturated carbocycles. The van der Waals surface area contributed by atoms with Crippen LogP contribution in [0.2, 0.25) is 0 Å². The van der Waals surface area contributed by atoms with Gasteiger partial charge >= 0.3 is 0 Å². The highest BCUT2D eigenvalue weighted by Crippen LogP contribution is 2.34. The average molecular weight is 440 g/mol. The van der Waals surface area contributed by atoms with Crippen molar-refractivity contribution < 1.29 is 0 Å². The van der Waals surface area contributed by atoms with E-state index in [1.54, 1.807) is 0 Å². The summed E-state index contributed by atoms with van der Waals surface area (Å²) in [6, 6.07) is 1.27. The van der Waals surface area contributed by atoms with Crippen LogP contribution in [-0.4, -0.2) is 41.5 Å². The Bertz CT molecular complexity index is 726. The van der Waals surface area contributed by atoms with Gasteiger partial charge in [-0.1, -0.05) is 75.3 Å². The highest BCUT2D eigenvalue weighted by molar-refractivity contribution is 8.06. The van der Waals surface area contributed by atoms with Gasteiger partial charge in [0, 0.05) is 30.1 Å². The Balaban J connectivity index is 1.41. The molecule has 1 N–H and O–H groups in total. The van der Waals surface area contributed by atoms with Gasteiger partial charge in [0.2, 0.25) is 0 Å². The van der Waals surface area contributed by atoms with Crippen molar-refractivity contribution >= 4 is 11.8 Å². The lowest BCUT2D eigenvalue weighted by atomic mass is 9.88. The van der Waals surface area contributed by atoms with Crippen LogP contribution in [0.25, 0.3) is 0 Å². The van der Waals surface area contributed by atoms with E-state index >= 15 is 0 Å². The standard InChI is InChI=1S/C27H41N3S/c1-3-26(30(23-13-6-4-7-14-23)24-15-8-5-9-16-24)28-27-18-10-17-25(31-27)21-29-19-11-12-22(2)20-29/h10,17,22-24,28H,1,4-9,11-16,19-21H2,2H3. The molecule has 1 unspecified atom stereocenters. The average Bonchev–Trinajstić information content (AvgIpc) is 2.80. The van der Waals surface area contributed by atoms with Gasteiger partial charge in [0.25, 0.3) is 0 Å². The first-order valence-electron chi connectivity index (χ1n) is 12.7. The quantitative estimate of drug-likeness (QED) is 0.454. The van der Waals surface area contributed by atoms with Crippen LogP contribution >= 0.6 is 11.8 Å². The van der Waals surface area contributed by atoms with Crippen LogP contribution in [0.3, 0.4) is 0 Å². The van der Waals surface area contributed by atoms with Crippen LogP contribution in [0.1, 0.15) is 84.0 Å². The van der Waals surface area contributed by atoms with E-state index in [1.807, 2.05) is 11.8 Å². The van der Waals surface area contributed by atoms with Crippen LogP contribution < -0.4 is 5.32 Å². The number of nitrogens with zero attached hydrogens (tertiary/aromatic N) is 2. The predicted octanol–water partition coefficient (Wildman–Crippen LogP) is 6.53. The van der Waals surface area contributed by atoms with Crippen LogP contribution in [-0.2, 0) is 0 Å². The van der Waals surface area contributed by atoms with E-state index in [-0.39, 0.29) is 0 Å². The molecule has 31 heavy (non-hydrogen) atoms. The molecule has 0 radical (unpaired) electrons. The molecule has 4 aliphatic rings. The SMILES string of the molecule is C=C=C(NC1=C=CC=C(CN2CCCC(C)C2)S1)N(C1CCCCC1)C1CCCCC1. The highest BCUT2D eigenvalue weighted by Gasteiger charge is 2.31. The molecule has 4 heteroatoms. The van der Waals surface area contributed by atoms with Gasteiger partial charge in [0.15, 0.2) is 5.82 Å². The predicted molar refractivity (Wildman–Crippen MR) is 133 cm³/mol. The smallest absolute Gasteiger partial charge is 0.152 e. The zero-order chi connectivity index (χ0) is 21.5. The van der Waals surface area contributed by atoms with Crippen molar-refractivity contribution in [1.82, 2.24) is 15.1 Å². The molecule has 0 spiro atoms. The lowest BCUT2D eigenvalue weighted by molar-refractivity contribution is 0.112. The van der Waals surface area contributed by atoms with E-state index < -0.39 is 0 Å². The van der Waals surface area contributed by atoms with E-state index in [9.17, 15) is 0 Å². The lowest BCUT2D eigenvalue weighted by Gasteiger charge is -2.44. The Morgan fingerprint density at radius 2 is 1.77 bits per heavy atom. The number of likely N-dealkylation sites (tertiary alicyclic amines) is 1. The van der Waals surface area contributed by atoms with Crippen molar-refractivity contribution in [3.05, 3.63) is 45.9 Å². The number of piperidine rings is 1. The second-order valence-electron chi connectivity index (χ2n) is 10.00. The second kappa shape index (κ2) is 11.5. The maximum atomic E-state index is 4.11. The Morgan fingerprint density at radius 1 is 1.10 bits per heavy atom. The molecule has 2 heterocycles. The largest absolute Gasteiger partial charge is 0.346 e. The van der Waals surface area contributed by atoms with E-state index in [1.165, 1.54) is 95.0 Å². The molecule has 1 saturated heterocycles. The summed E-state index contributed by atoms with van der Waals surface area (Å²) >= 11 is 1.85. The van der Waals surface area contributed by atoms with Crippen molar-refractivity contribution in [2.45, 2.75) is 96.1 Å². The first-order valence-corrected chi connectivity index (χ1v) is 13.6. The van der Waals surface area contributed by atoms with Crippen LogP contribution in [0.5, 0.6) is 0 Å². The summed E-state index contributed by atoms with van der Waals surface area (Å²) in [4.78, 5) is 6.72. The van der Waals surface area contributed by atoms with E-state index in [4.69, 9.17) is 0 Å². The Morgan fingerprint density at radius 3 is 2.39 bits per heavy atom. The van der Waals surface area contributed by atoms with Crippen molar-refractivity contribution in [3.63, 3.8) is 0 Å². The number of allylic oxidation sites excluding steroid dienone is 2. The number of hydrogen-bond acceptors (Lipinski definition) is 4. The molecule has 3 fully saturated rings. The molecule has 4 rings (SSSR count). The molecule has 170 valence electrons. The van der Waals surface area contributed by atoms with Gasteiger partial charge in [0.05, 0.1) is 0 Å². The molecular formula is C27H41N3S. The Hall–Kier alpha value is -1.31. The Labute approximate surface area is 194 Å². The minimum atomic E-state index is 0.636. The number of rotatable bonds is 7. The zero-order valence-corrected chi connectivity index (χ0v) is 20.3. The van der Waals surface area contributed by atoms with Crippen molar-refractivity contribution in [3.8, 4) is 0 Å². The second-order valence-corrected chi connectivity index (χ2v) is 11.1. The zero-order valence-electron chi connectivity index (χ0n) is 19.5. The van der Waals surface area contributed by atoms with Gasteiger partial charge in [-0.3, -0.25) is 4.90 Å². The molecule has 1 atom stereocenters. The third-order valence-electron chi connectivity index (χ3n) is 7.43. The summed E-state index contributed by atoms with van der Waals surface area (Å²) in [7, 11) is 0. The fourth-order valence-electron chi connectivity index (χ4n) is 5.89. The van der Waals surface area contributed by atoms with Crippen molar-refractivity contribution in [1.29, 1.82) is 0 Å². The molecule has 0 aromatic rings. The van der Waals surface area contributed by atoms with Crippen molar-refractivity contribution in [2.75, 3.05) is 19.6 Å². The third-order valence-corrected chi connectivity index (χ3v) is 8.38. The summed E-state index contributed by atoms with van der Waals surface area (Å²) in [6.07, 6.45) is 20.5. The fraction of sp³-hybridized carbons (Fsp3) is 0.704. The highest BCUT2D eigenvalue weighted by atomic mass is 32.2. The summed E-state index contributed by atoms with van der Waals surface area (Å²) < 4.78 is 0. The third kappa shape index (κ3) is 6.36. The van der Waals surface area contributed by atoms with Gasteiger partial charge in [-0.15, -0.1) is 0 Å². The van der Waals surface area contributed by atoms with Gasteiger partial charge < -0.3 is 10.2 Å². The summed E-state index contributed by atoms with van der Waals surface area (Å²) in [5.41, 5.74) is 6.76. The molecule has 2 aliphatic heterocycles. The van der Waals surface area contributed by atoms with Gasteiger partial charge in [0.1, 0.15) is 5.03 Å². The van der Waals surface area contributed by atoms with E-state index in [2.05, 4.69) is 52.2 Å². The maximum absolute atomic E-state index is 4.11. The fourth-order valence-corrected chi connectivity index (χ4v) is 6.81. The number of nitrogens with one attached hydrogen (secondary N) is 1. The maximum Gasteiger partial charge on any atom is 0.152 e. The van der Waals surface area contributed by atoms with E-state index in [0.717, 1.165) is 23.3 Å². The molecule has 0 amide bonds. The molecule has 0 bridgehead atoms. The molecular weight excluding hydrogens is 398 g/mol. The molecule has 0 aromatic carbocycles. The Kier molecular flexibility index (Phi) is 8.50. The van der Waals surface area contributed by atoms with Gasteiger partial charge in [-0.05, 0) is 63.1 Å². The number of hydrogen-bond donors (Lipinski definition) is 1.